The zero-order valence-electron chi connectivity index (χ0n) is 8.29. The van der Waals surface area contributed by atoms with E-state index in [0.717, 1.165) is 15.7 Å². The molecular weight excluding hydrogens is 305 g/mol. The zero-order chi connectivity index (χ0) is 11.1. The maximum atomic E-state index is 7.04. The Kier molecular flexibility index (Phi) is 5.23. The van der Waals surface area contributed by atoms with Crippen molar-refractivity contribution >= 4 is 28.6 Å². The van der Waals surface area contributed by atoms with Gasteiger partial charge >= 0.3 is 0 Å². The summed E-state index contributed by atoms with van der Waals surface area (Å²) in [6, 6.07) is 7.76. The Hall–Kier alpha value is -0.980. The van der Waals surface area contributed by atoms with E-state index in [2.05, 4.69) is 27.9 Å². The van der Waals surface area contributed by atoms with E-state index in [-0.39, 0.29) is 5.96 Å². The van der Waals surface area contributed by atoms with Gasteiger partial charge in [-0.2, -0.15) is 0 Å². The Morgan fingerprint density at radius 1 is 1.53 bits per heavy atom. The molecule has 0 bridgehead atoms. The van der Waals surface area contributed by atoms with Crippen LogP contribution in [0.1, 0.15) is 5.56 Å². The van der Waals surface area contributed by atoms with Crippen LogP contribution in [0, 0.1) is 5.41 Å². The first-order valence-corrected chi connectivity index (χ1v) is 6.10. The summed E-state index contributed by atoms with van der Waals surface area (Å²) < 4.78 is 6.45. The maximum absolute atomic E-state index is 7.04. The normalized spacial score (nSPS) is 9.67. The van der Waals surface area contributed by atoms with Crippen molar-refractivity contribution in [2.24, 2.45) is 5.73 Å². The van der Waals surface area contributed by atoms with E-state index in [1.165, 1.54) is 0 Å². The van der Waals surface area contributed by atoms with E-state index < -0.39 is 0 Å². The minimum atomic E-state index is -0.0198. The number of benzene rings is 1. The van der Waals surface area contributed by atoms with Crippen molar-refractivity contribution in [2.75, 3.05) is 11.0 Å². The van der Waals surface area contributed by atoms with E-state index in [9.17, 15) is 0 Å². The third-order valence-corrected chi connectivity index (χ3v) is 2.17. The van der Waals surface area contributed by atoms with Gasteiger partial charge in [0.2, 0.25) is 0 Å². The Bertz CT molecular complexity index is 330. The van der Waals surface area contributed by atoms with Crippen LogP contribution in [0.15, 0.2) is 24.3 Å². The molecule has 4 nitrogen and oxygen atoms in total. The first-order chi connectivity index (χ1) is 7.22. The molecule has 0 aliphatic heterocycles. The van der Waals surface area contributed by atoms with Gasteiger partial charge < -0.3 is 15.8 Å². The summed E-state index contributed by atoms with van der Waals surface area (Å²) in [4.78, 5) is 0. The number of hydrogen-bond donors (Lipinski definition) is 3. The molecule has 1 aromatic rings. The summed E-state index contributed by atoms with van der Waals surface area (Å²) in [5, 5.41) is 9.79. The molecule has 1 aromatic carbocycles. The largest absolute Gasteiger partial charge is 0.493 e. The van der Waals surface area contributed by atoms with Gasteiger partial charge in [0.05, 0.1) is 6.61 Å². The zero-order valence-corrected chi connectivity index (χ0v) is 10.5. The highest BCUT2D eigenvalue weighted by molar-refractivity contribution is 14.1. The predicted octanol–water partition coefficient (Wildman–Crippen LogP) is 1.48. The molecule has 0 unspecified atom stereocenters. The van der Waals surface area contributed by atoms with E-state index in [1.807, 2.05) is 24.3 Å². The molecule has 5 heteroatoms. The second kappa shape index (κ2) is 6.49. The van der Waals surface area contributed by atoms with Crippen molar-refractivity contribution in [1.82, 2.24) is 5.32 Å². The average Bonchev–Trinajstić information content (AvgIpc) is 2.24. The second-order valence-corrected chi connectivity index (χ2v) is 4.03. The molecule has 0 amide bonds. The number of nitrogens with one attached hydrogen (secondary N) is 2. The summed E-state index contributed by atoms with van der Waals surface area (Å²) in [6.45, 7) is 1.26. The number of nitrogens with two attached hydrogens (primary N) is 1. The van der Waals surface area contributed by atoms with Crippen LogP contribution >= 0.6 is 22.6 Å². The highest BCUT2D eigenvalue weighted by Crippen LogP contribution is 2.13. The van der Waals surface area contributed by atoms with Crippen molar-refractivity contribution in [3.63, 3.8) is 0 Å². The number of hydrogen-bond acceptors (Lipinski definition) is 2. The standard InChI is InChI=1S/C10H14IN3O/c11-4-5-15-9-3-1-2-8(6-9)7-14-10(12)13/h1-3,6H,4-5,7H2,(H4,12,13,14). The van der Waals surface area contributed by atoms with Crippen LogP contribution in [0.4, 0.5) is 0 Å². The van der Waals surface area contributed by atoms with E-state index in [4.69, 9.17) is 15.9 Å². The fourth-order valence-electron chi connectivity index (χ4n) is 1.10. The third-order valence-electron chi connectivity index (χ3n) is 1.73. The van der Waals surface area contributed by atoms with Crippen LogP contribution in [-0.2, 0) is 6.54 Å². The van der Waals surface area contributed by atoms with Gasteiger partial charge in [-0.3, -0.25) is 5.41 Å². The van der Waals surface area contributed by atoms with Gasteiger partial charge in [-0.25, -0.2) is 0 Å². The Morgan fingerprint density at radius 2 is 2.33 bits per heavy atom. The Balaban J connectivity index is 2.53. The number of halogens is 1. The molecule has 0 saturated carbocycles. The van der Waals surface area contributed by atoms with Crippen LogP contribution in [0.2, 0.25) is 0 Å². The van der Waals surface area contributed by atoms with Crippen LogP contribution in [0.3, 0.4) is 0 Å². The molecule has 0 saturated heterocycles. The number of ether oxygens (including phenoxy) is 1. The molecular formula is C10H14IN3O. The number of alkyl halides is 1. The number of guanidine groups is 1. The fraction of sp³-hybridized carbons (Fsp3) is 0.300. The minimum Gasteiger partial charge on any atom is -0.493 e. The molecule has 0 aliphatic rings. The van der Waals surface area contributed by atoms with E-state index >= 15 is 0 Å². The lowest BCUT2D eigenvalue weighted by molar-refractivity contribution is 0.346. The Labute approximate surface area is 103 Å². The van der Waals surface area contributed by atoms with Gasteiger partial charge in [0, 0.05) is 11.0 Å². The average molecular weight is 319 g/mol. The van der Waals surface area contributed by atoms with Crippen LogP contribution < -0.4 is 15.8 Å². The SMILES string of the molecule is N=C(N)NCc1cccc(OCCI)c1. The molecule has 0 fully saturated rings. The van der Waals surface area contributed by atoms with Gasteiger partial charge in [0.15, 0.2) is 5.96 Å². The van der Waals surface area contributed by atoms with Crippen molar-refractivity contribution in [2.45, 2.75) is 6.54 Å². The first kappa shape index (κ1) is 12.1. The van der Waals surface area contributed by atoms with Gasteiger partial charge in [-0.05, 0) is 17.7 Å². The highest BCUT2D eigenvalue weighted by atomic mass is 127. The van der Waals surface area contributed by atoms with Crippen molar-refractivity contribution in [3.05, 3.63) is 29.8 Å². The topological polar surface area (TPSA) is 71.1 Å². The monoisotopic (exact) mass is 319 g/mol. The summed E-state index contributed by atoms with van der Waals surface area (Å²) in [7, 11) is 0. The smallest absolute Gasteiger partial charge is 0.185 e. The lowest BCUT2D eigenvalue weighted by Gasteiger charge is -2.07. The van der Waals surface area contributed by atoms with E-state index in [0.29, 0.717) is 13.2 Å². The molecule has 0 radical (unpaired) electrons. The molecule has 0 aromatic heterocycles. The molecule has 82 valence electrons. The molecule has 15 heavy (non-hydrogen) atoms. The third kappa shape index (κ3) is 4.87. The van der Waals surface area contributed by atoms with Crippen LogP contribution in [0.25, 0.3) is 0 Å². The van der Waals surface area contributed by atoms with Gasteiger partial charge in [0.25, 0.3) is 0 Å². The van der Waals surface area contributed by atoms with Gasteiger partial charge in [-0.1, -0.05) is 34.7 Å². The first-order valence-electron chi connectivity index (χ1n) is 4.58. The van der Waals surface area contributed by atoms with Crippen LogP contribution in [0.5, 0.6) is 5.75 Å². The molecule has 0 aliphatic carbocycles. The summed E-state index contributed by atoms with van der Waals surface area (Å²) >= 11 is 2.27. The van der Waals surface area contributed by atoms with Crippen molar-refractivity contribution in [3.8, 4) is 5.75 Å². The summed E-state index contributed by atoms with van der Waals surface area (Å²) in [6.07, 6.45) is 0. The quantitative estimate of drug-likeness (QED) is 0.333. The lowest BCUT2D eigenvalue weighted by atomic mass is 10.2. The van der Waals surface area contributed by atoms with E-state index in [1.54, 1.807) is 0 Å². The molecule has 0 heterocycles. The van der Waals surface area contributed by atoms with Gasteiger partial charge in [0.1, 0.15) is 5.75 Å². The maximum Gasteiger partial charge on any atom is 0.185 e. The molecule has 0 atom stereocenters. The van der Waals surface area contributed by atoms with Crippen molar-refractivity contribution in [1.29, 1.82) is 5.41 Å². The number of rotatable bonds is 5. The molecule has 1 rings (SSSR count). The fourth-order valence-corrected chi connectivity index (χ4v) is 1.32. The second-order valence-electron chi connectivity index (χ2n) is 2.95. The minimum absolute atomic E-state index is 0.0198. The molecule has 4 N–H and O–H groups in total. The summed E-state index contributed by atoms with van der Waals surface area (Å²) in [5.41, 5.74) is 6.25. The van der Waals surface area contributed by atoms with Crippen LogP contribution in [-0.4, -0.2) is 17.0 Å². The van der Waals surface area contributed by atoms with Gasteiger partial charge in [-0.15, -0.1) is 0 Å². The summed E-state index contributed by atoms with van der Waals surface area (Å²) in [5.74, 6) is 0.836. The Morgan fingerprint density at radius 3 is 3.00 bits per heavy atom. The highest BCUT2D eigenvalue weighted by Gasteiger charge is 1.96. The van der Waals surface area contributed by atoms with Crippen molar-refractivity contribution < 1.29 is 4.74 Å². The predicted molar refractivity (Wildman–Crippen MR) is 69.6 cm³/mol. The lowest BCUT2D eigenvalue weighted by Crippen LogP contribution is -2.29. The molecule has 0 spiro atoms.